The summed E-state index contributed by atoms with van der Waals surface area (Å²) in [4.78, 5) is 29.4. The van der Waals surface area contributed by atoms with Gasteiger partial charge in [0.15, 0.2) is 0 Å². The lowest BCUT2D eigenvalue weighted by molar-refractivity contribution is -0.116. The summed E-state index contributed by atoms with van der Waals surface area (Å²) >= 11 is 18.2. The molecule has 0 radical (unpaired) electrons. The second kappa shape index (κ2) is 9.76. The van der Waals surface area contributed by atoms with Crippen LogP contribution < -0.4 is 10.9 Å². The molecule has 3 rings (SSSR count). The van der Waals surface area contributed by atoms with Crippen LogP contribution in [0.3, 0.4) is 0 Å². The quantitative estimate of drug-likeness (QED) is 0.510. The van der Waals surface area contributed by atoms with Gasteiger partial charge in [-0.15, -0.1) is 0 Å². The first-order chi connectivity index (χ1) is 15.1. The van der Waals surface area contributed by atoms with Gasteiger partial charge in [0.25, 0.3) is 5.56 Å². The minimum absolute atomic E-state index is 0.00489. The zero-order valence-electron chi connectivity index (χ0n) is 17.1. The van der Waals surface area contributed by atoms with Gasteiger partial charge < -0.3 is 5.32 Å². The average Bonchev–Trinajstić information content (AvgIpc) is 2.72. The van der Waals surface area contributed by atoms with Crippen LogP contribution in [0.1, 0.15) is 13.8 Å². The van der Waals surface area contributed by atoms with Crippen molar-refractivity contribution in [1.29, 1.82) is 0 Å². The SMILES string of the molecule is CCN(CC)S(=O)(=O)c1ccc(Cl)c(NC(=O)Cn2cnc3c(Cl)cc(Cl)cc3c2=O)c1. The molecular weight excluding hydrogens is 499 g/mol. The third-order valence-electron chi connectivity index (χ3n) is 4.71. The molecule has 0 aliphatic heterocycles. The van der Waals surface area contributed by atoms with Gasteiger partial charge in [-0.25, -0.2) is 13.4 Å². The van der Waals surface area contributed by atoms with E-state index in [9.17, 15) is 18.0 Å². The van der Waals surface area contributed by atoms with Gasteiger partial charge in [0.2, 0.25) is 15.9 Å². The van der Waals surface area contributed by atoms with Gasteiger partial charge in [0, 0.05) is 18.1 Å². The lowest BCUT2D eigenvalue weighted by atomic mass is 10.2. The van der Waals surface area contributed by atoms with Crippen LogP contribution in [0.15, 0.2) is 46.3 Å². The maximum absolute atomic E-state index is 12.8. The Morgan fingerprint density at radius 2 is 1.78 bits per heavy atom. The molecule has 8 nitrogen and oxygen atoms in total. The van der Waals surface area contributed by atoms with Gasteiger partial charge in [0.1, 0.15) is 6.54 Å². The first kappa shape index (κ1) is 24.5. The van der Waals surface area contributed by atoms with Crippen LogP contribution in [0.5, 0.6) is 0 Å². The van der Waals surface area contributed by atoms with Crippen molar-refractivity contribution >= 4 is 67.3 Å². The second-order valence-electron chi connectivity index (χ2n) is 6.74. The number of carbonyl (C=O) groups excluding carboxylic acids is 1. The third kappa shape index (κ3) is 4.92. The Morgan fingerprint density at radius 3 is 2.44 bits per heavy atom. The summed E-state index contributed by atoms with van der Waals surface area (Å²) in [7, 11) is -3.74. The summed E-state index contributed by atoms with van der Waals surface area (Å²) in [6, 6.07) is 6.94. The van der Waals surface area contributed by atoms with E-state index < -0.39 is 21.5 Å². The molecule has 0 unspecified atom stereocenters. The first-order valence-corrected chi connectivity index (χ1v) is 12.1. The fourth-order valence-corrected chi connectivity index (χ4v) is 5.32. The third-order valence-corrected chi connectivity index (χ3v) is 7.60. The number of rotatable bonds is 7. The number of nitrogens with zero attached hydrogens (tertiary/aromatic N) is 3. The molecule has 0 aliphatic rings. The van der Waals surface area contributed by atoms with Crippen LogP contribution in [-0.4, -0.2) is 41.3 Å². The van der Waals surface area contributed by atoms with Crippen LogP contribution in [0.2, 0.25) is 15.1 Å². The summed E-state index contributed by atoms with van der Waals surface area (Å²) in [5, 5.41) is 3.36. The van der Waals surface area contributed by atoms with Crippen molar-refractivity contribution in [2.75, 3.05) is 18.4 Å². The Balaban J connectivity index is 1.89. The van der Waals surface area contributed by atoms with Crippen molar-refractivity contribution in [3.8, 4) is 0 Å². The molecule has 0 bridgehead atoms. The van der Waals surface area contributed by atoms with E-state index in [-0.39, 0.29) is 43.1 Å². The molecule has 1 amide bonds. The summed E-state index contributed by atoms with van der Waals surface area (Å²) in [5.41, 5.74) is -0.119. The summed E-state index contributed by atoms with van der Waals surface area (Å²) in [6.45, 7) is 3.68. The molecular formula is C20H19Cl3N4O4S. The van der Waals surface area contributed by atoms with Gasteiger partial charge in [-0.1, -0.05) is 48.7 Å². The molecule has 170 valence electrons. The molecule has 3 aromatic rings. The van der Waals surface area contributed by atoms with Gasteiger partial charge in [-0.3, -0.25) is 14.2 Å². The van der Waals surface area contributed by atoms with E-state index in [0.29, 0.717) is 13.1 Å². The van der Waals surface area contributed by atoms with Crippen LogP contribution >= 0.6 is 34.8 Å². The number of amides is 1. The van der Waals surface area contributed by atoms with Crippen LogP contribution in [0.25, 0.3) is 10.9 Å². The van der Waals surface area contributed by atoms with Crippen LogP contribution in [-0.2, 0) is 21.4 Å². The lowest BCUT2D eigenvalue weighted by Crippen LogP contribution is -2.31. The van der Waals surface area contributed by atoms with E-state index in [1.165, 1.54) is 41.0 Å². The smallest absolute Gasteiger partial charge is 0.261 e. The minimum atomic E-state index is -3.74. The Kier molecular flexibility index (Phi) is 7.46. The molecule has 0 saturated carbocycles. The number of aromatic nitrogens is 2. The molecule has 0 atom stereocenters. The maximum atomic E-state index is 12.8. The summed E-state index contributed by atoms with van der Waals surface area (Å²) in [5.74, 6) is -0.597. The number of halogens is 3. The van der Waals surface area contributed by atoms with Crippen LogP contribution in [0.4, 0.5) is 5.69 Å². The topological polar surface area (TPSA) is 101 Å². The molecule has 0 aliphatic carbocycles. The number of anilines is 1. The Morgan fingerprint density at radius 1 is 1.09 bits per heavy atom. The number of fused-ring (bicyclic) bond motifs is 1. The first-order valence-electron chi connectivity index (χ1n) is 9.52. The molecule has 1 heterocycles. The highest BCUT2D eigenvalue weighted by Gasteiger charge is 2.23. The molecule has 1 N–H and O–H groups in total. The van der Waals surface area contributed by atoms with Gasteiger partial charge in [0.05, 0.1) is 37.9 Å². The number of hydrogen-bond acceptors (Lipinski definition) is 5. The van der Waals surface area contributed by atoms with Crippen molar-refractivity contribution in [2.45, 2.75) is 25.3 Å². The van der Waals surface area contributed by atoms with Crippen molar-refractivity contribution in [1.82, 2.24) is 13.9 Å². The second-order valence-corrected chi connectivity index (χ2v) is 9.93. The Hall–Kier alpha value is -2.17. The van der Waals surface area contributed by atoms with Gasteiger partial charge in [-0.05, 0) is 30.3 Å². The van der Waals surface area contributed by atoms with Crippen molar-refractivity contribution < 1.29 is 13.2 Å². The molecule has 0 saturated heterocycles. The monoisotopic (exact) mass is 516 g/mol. The standard InChI is InChI=1S/C20H19Cl3N4O4S/c1-3-27(4-2)32(30,31)13-5-6-15(22)17(9-13)25-18(28)10-26-11-24-19-14(20(26)29)7-12(21)8-16(19)23/h5-9,11H,3-4,10H2,1-2H3,(H,25,28). The number of sulfonamides is 1. The lowest BCUT2D eigenvalue weighted by Gasteiger charge is -2.19. The molecule has 12 heteroatoms. The number of nitrogens with one attached hydrogen (secondary N) is 1. The largest absolute Gasteiger partial charge is 0.323 e. The fraction of sp³-hybridized carbons (Fsp3) is 0.250. The van der Waals surface area contributed by atoms with Crippen molar-refractivity contribution in [2.24, 2.45) is 0 Å². The molecule has 32 heavy (non-hydrogen) atoms. The Labute approximate surface area is 199 Å². The van der Waals surface area contributed by atoms with E-state index in [2.05, 4.69) is 10.3 Å². The predicted molar refractivity (Wildman–Crippen MR) is 126 cm³/mol. The van der Waals surface area contributed by atoms with E-state index in [0.717, 1.165) is 4.57 Å². The number of hydrogen-bond donors (Lipinski definition) is 1. The fourth-order valence-electron chi connectivity index (χ4n) is 3.13. The molecule has 0 fully saturated rings. The predicted octanol–water partition coefficient (Wildman–Crippen LogP) is 4.03. The van der Waals surface area contributed by atoms with Gasteiger partial charge >= 0.3 is 0 Å². The molecule has 0 spiro atoms. The highest BCUT2D eigenvalue weighted by Crippen LogP contribution is 2.27. The summed E-state index contributed by atoms with van der Waals surface area (Å²) < 4.78 is 27.9. The minimum Gasteiger partial charge on any atom is -0.323 e. The highest BCUT2D eigenvalue weighted by molar-refractivity contribution is 7.89. The van der Waals surface area contributed by atoms with Crippen LogP contribution in [0, 0.1) is 0 Å². The highest BCUT2D eigenvalue weighted by atomic mass is 35.5. The number of carbonyl (C=O) groups is 1. The van der Waals surface area contributed by atoms with Crippen molar-refractivity contribution in [3.63, 3.8) is 0 Å². The van der Waals surface area contributed by atoms with E-state index in [1.807, 2.05) is 0 Å². The average molecular weight is 518 g/mol. The summed E-state index contributed by atoms with van der Waals surface area (Å²) in [6.07, 6.45) is 1.20. The maximum Gasteiger partial charge on any atom is 0.261 e. The normalized spacial score (nSPS) is 11.8. The molecule has 1 aromatic heterocycles. The van der Waals surface area contributed by atoms with Gasteiger partial charge in [-0.2, -0.15) is 4.31 Å². The zero-order valence-corrected chi connectivity index (χ0v) is 20.2. The number of benzene rings is 2. The van der Waals surface area contributed by atoms with E-state index in [4.69, 9.17) is 34.8 Å². The molecule has 2 aromatic carbocycles. The van der Waals surface area contributed by atoms with E-state index in [1.54, 1.807) is 13.8 Å². The zero-order chi connectivity index (χ0) is 23.6. The Bertz CT molecular complexity index is 1350. The van der Waals surface area contributed by atoms with E-state index >= 15 is 0 Å². The van der Waals surface area contributed by atoms with Crippen molar-refractivity contribution in [3.05, 3.63) is 62.1 Å².